The number of rotatable bonds is 3. The second-order valence-corrected chi connectivity index (χ2v) is 7.11. The highest BCUT2D eigenvalue weighted by Crippen LogP contribution is 2.35. The third-order valence-electron chi connectivity index (χ3n) is 5.27. The van der Waals surface area contributed by atoms with E-state index in [1.54, 1.807) is 0 Å². The summed E-state index contributed by atoms with van der Waals surface area (Å²) < 4.78 is 7.99. The second kappa shape index (κ2) is 7.10. The molecule has 0 saturated carbocycles. The molecular formula is C22H21N5O2. The van der Waals surface area contributed by atoms with Crippen LogP contribution in [-0.4, -0.2) is 27.7 Å². The van der Waals surface area contributed by atoms with Crippen LogP contribution in [0.4, 0.5) is 5.82 Å². The zero-order chi connectivity index (χ0) is 19.8. The van der Waals surface area contributed by atoms with Crippen LogP contribution >= 0.6 is 0 Å². The number of nitrogens with one attached hydrogen (secondary N) is 2. The maximum absolute atomic E-state index is 11.8. The molecule has 4 aromatic rings. The predicted molar refractivity (Wildman–Crippen MR) is 112 cm³/mol. The minimum absolute atomic E-state index is 0.257. The number of nitrogens with zero attached hydrogens (tertiary/aromatic N) is 2. The highest BCUT2D eigenvalue weighted by Gasteiger charge is 2.29. The monoisotopic (exact) mass is 387 g/mol. The van der Waals surface area contributed by atoms with Crippen LogP contribution in [0.3, 0.4) is 0 Å². The molecule has 0 saturated heterocycles. The number of ether oxygens (including phenoxy) is 1. The van der Waals surface area contributed by atoms with E-state index in [9.17, 15) is 4.79 Å². The number of aromatic amines is 1. The maximum atomic E-state index is 11.8. The quantitative estimate of drug-likeness (QED) is 0.502. The van der Waals surface area contributed by atoms with E-state index in [0.717, 1.165) is 23.1 Å². The Bertz CT molecular complexity index is 1230. The molecule has 7 heteroatoms. The molecule has 1 unspecified atom stereocenters. The van der Waals surface area contributed by atoms with Crippen molar-refractivity contribution in [1.29, 1.82) is 0 Å². The SMILES string of the molecule is Nc1[nH]c(=O)nc2c1C(c1cc3ccccc3n1Cc1ccccc1)NCCO2. The molecule has 7 nitrogen and oxygen atoms in total. The first-order chi connectivity index (χ1) is 14.2. The summed E-state index contributed by atoms with van der Waals surface area (Å²) in [5, 5.41) is 4.66. The van der Waals surface area contributed by atoms with E-state index >= 15 is 0 Å². The molecule has 0 spiro atoms. The molecule has 0 bridgehead atoms. The number of para-hydroxylation sites is 1. The van der Waals surface area contributed by atoms with E-state index in [1.807, 2.05) is 30.3 Å². The van der Waals surface area contributed by atoms with E-state index < -0.39 is 5.69 Å². The number of nitrogens with two attached hydrogens (primary N) is 1. The fourth-order valence-corrected chi connectivity index (χ4v) is 3.99. The van der Waals surface area contributed by atoms with Crippen LogP contribution in [-0.2, 0) is 6.54 Å². The summed E-state index contributed by atoms with van der Waals surface area (Å²) in [4.78, 5) is 18.4. The summed E-state index contributed by atoms with van der Waals surface area (Å²) >= 11 is 0. The Balaban J connectivity index is 1.72. The van der Waals surface area contributed by atoms with Gasteiger partial charge in [-0.2, -0.15) is 4.98 Å². The first kappa shape index (κ1) is 17.5. The zero-order valence-corrected chi connectivity index (χ0v) is 15.8. The third-order valence-corrected chi connectivity index (χ3v) is 5.27. The van der Waals surface area contributed by atoms with Crippen LogP contribution in [0.5, 0.6) is 5.88 Å². The summed E-state index contributed by atoms with van der Waals surface area (Å²) in [5.74, 6) is 0.564. The van der Waals surface area contributed by atoms with E-state index in [2.05, 4.69) is 50.2 Å². The lowest BCUT2D eigenvalue weighted by Crippen LogP contribution is -2.27. The van der Waals surface area contributed by atoms with Crippen molar-refractivity contribution in [3.8, 4) is 5.88 Å². The number of aromatic nitrogens is 3. The van der Waals surface area contributed by atoms with Gasteiger partial charge in [-0.05, 0) is 23.1 Å². The highest BCUT2D eigenvalue weighted by molar-refractivity contribution is 5.82. The Morgan fingerprint density at radius 1 is 1.14 bits per heavy atom. The van der Waals surface area contributed by atoms with Crippen LogP contribution in [0, 0.1) is 0 Å². The zero-order valence-electron chi connectivity index (χ0n) is 15.8. The van der Waals surface area contributed by atoms with Gasteiger partial charge in [0.05, 0.1) is 11.6 Å². The lowest BCUT2D eigenvalue weighted by Gasteiger charge is -2.21. The Hall–Kier alpha value is -3.58. The molecule has 1 aliphatic heterocycles. The number of hydrogen-bond donors (Lipinski definition) is 3. The fraction of sp³-hybridized carbons (Fsp3) is 0.182. The van der Waals surface area contributed by atoms with Gasteiger partial charge < -0.3 is 20.4 Å². The lowest BCUT2D eigenvalue weighted by atomic mass is 10.0. The van der Waals surface area contributed by atoms with Gasteiger partial charge in [-0.1, -0.05) is 48.5 Å². The van der Waals surface area contributed by atoms with Gasteiger partial charge in [0.25, 0.3) is 0 Å². The molecule has 4 N–H and O–H groups in total. The standard InChI is InChI=1S/C22H21N5O2/c23-20-18-19(24-10-11-29-21(18)26-22(28)25-20)17-12-15-8-4-5-9-16(15)27(17)13-14-6-2-1-3-7-14/h1-9,12,19,24H,10-11,13H2,(H3,23,25,26,28). The molecule has 0 amide bonds. The van der Waals surface area contributed by atoms with Gasteiger partial charge in [-0.3, -0.25) is 4.98 Å². The minimum Gasteiger partial charge on any atom is -0.476 e. The van der Waals surface area contributed by atoms with Gasteiger partial charge in [-0.15, -0.1) is 0 Å². The average Bonchev–Trinajstić information content (AvgIpc) is 2.93. The molecule has 0 aliphatic carbocycles. The second-order valence-electron chi connectivity index (χ2n) is 7.11. The topological polar surface area (TPSA) is 98.0 Å². The molecule has 29 heavy (non-hydrogen) atoms. The molecule has 3 heterocycles. The minimum atomic E-state index is -0.508. The van der Waals surface area contributed by atoms with E-state index in [0.29, 0.717) is 18.7 Å². The number of anilines is 1. The van der Waals surface area contributed by atoms with Crippen LogP contribution < -0.4 is 21.5 Å². The van der Waals surface area contributed by atoms with Gasteiger partial charge in [0, 0.05) is 24.3 Å². The van der Waals surface area contributed by atoms with E-state index in [-0.39, 0.29) is 17.7 Å². The fourth-order valence-electron chi connectivity index (χ4n) is 3.99. The Labute approximate surface area is 167 Å². The smallest absolute Gasteiger partial charge is 0.349 e. The summed E-state index contributed by atoms with van der Waals surface area (Å²) in [5.41, 5.74) is 9.75. The normalized spacial score (nSPS) is 16.2. The van der Waals surface area contributed by atoms with Crippen molar-refractivity contribution >= 4 is 16.7 Å². The molecule has 1 atom stereocenters. The van der Waals surface area contributed by atoms with Gasteiger partial charge in [-0.25, -0.2) is 4.79 Å². The summed E-state index contributed by atoms with van der Waals surface area (Å²) in [6, 6.07) is 20.5. The van der Waals surface area contributed by atoms with Crippen molar-refractivity contribution in [3.05, 3.63) is 88.0 Å². The van der Waals surface area contributed by atoms with Gasteiger partial charge in [0.2, 0.25) is 5.88 Å². The highest BCUT2D eigenvalue weighted by atomic mass is 16.5. The number of benzene rings is 2. The van der Waals surface area contributed by atoms with Crippen LogP contribution in [0.1, 0.15) is 22.9 Å². The number of H-pyrrole nitrogens is 1. The maximum Gasteiger partial charge on any atom is 0.349 e. The largest absolute Gasteiger partial charge is 0.476 e. The number of hydrogen-bond acceptors (Lipinski definition) is 5. The van der Waals surface area contributed by atoms with Crippen molar-refractivity contribution in [2.75, 3.05) is 18.9 Å². The first-order valence-electron chi connectivity index (χ1n) is 9.58. The van der Waals surface area contributed by atoms with Gasteiger partial charge >= 0.3 is 5.69 Å². The predicted octanol–water partition coefficient (Wildman–Crippen LogP) is 2.43. The summed E-state index contributed by atoms with van der Waals surface area (Å²) in [6.07, 6.45) is 0. The number of nitrogen functional groups attached to an aromatic ring is 1. The van der Waals surface area contributed by atoms with E-state index in [4.69, 9.17) is 10.5 Å². The van der Waals surface area contributed by atoms with Crippen molar-refractivity contribution in [2.45, 2.75) is 12.6 Å². The van der Waals surface area contributed by atoms with Crippen LogP contribution in [0.15, 0.2) is 65.5 Å². The molecular weight excluding hydrogens is 366 g/mol. The summed E-state index contributed by atoms with van der Waals surface area (Å²) in [7, 11) is 0. The molecule has 0 fully saturated rings. The van der Waals surface area contributed by atoms with Gasteiger partial charge in [0.1, 0.15) is 12.4 Å². The summed E-state index contributed by atoms with van der Waals surface area (Å²) in [6.45, 7) is 1.74. The first-order valence-corrected chi connectivity index (χ1v) is 9.58. The van der Waals surface area contributed by atoms with Gasteiger partial charge in [0.15, 0.2) is 0 Å². The van der Waals surface area contributed by atoms with Crippen LogP contribution in [0.2, 0.25) is 0 Å². The number of fused-ring (bicyclic) bond motifs is 2. The average molecular weight is 387 g/mol. The lowest BCUT2D eigenvalue weighted by molar-refractivity contribution is 0.312. The molecule has 2 aromatic heterocycles. The van der Waals surface area contributed by atoms with Crippen molar-refractivity contribution in [1.82, 2.24) is 19.9 Å². The van der Waals surface area contributed by atoms with Crippen molar-refractivity contribution < 1.29 is 4.74 Å². The Morgan fingerprint density at radius 3 is 2.79 bits per heavy atom. The molecule has 0 radical (unpaired) electrons. The van der Waals surface area contributed by atoms with Crippen molar-refractivity contribution in [2.24, 2.45) is 0 Å². The molecule has 1 aliphatic rings. The molecule has 2 aromatic carbocycles. The molecule has 146 valence electrons. The third kappa shape index (κ3) is 3.15. The Kier molecular flexibility index (Phi) is 4.29. The molecule has 5 rings (SSSR count). The van der Waals surface area contributed by atoms with E-state index in [1.165, 1.54) is 5.56 Å². The van der Waals surface area contributed by atoms with Crippen LogP contribution in [0.25, 0.3) is 10.9 Å². The van der Waals surface area contributed by atoms with Crippen molar-refractivity contribution in [3.63, 3.8) is 0 Å². The Morgan fingerprint density at radius 2 is 1.93 bits per heavy atom.